The summed E-state index contributed by atoms with van der Waals surface area (Å²) in [6.45, 7) is 0. The highest BCUT2D eigenvalue weighted by atomic mass is 79.9. The van der Waals surface area contributed by atoms with Gasteiger partial charge < -0.3 is 4.74 Å². The van der Waals surface area contributed by atoms with E-state index in [4.69, 9.17) is 4.74 Å². The van der Waals surface area contributed by atoms with E-state index in [2.05, 4.69) is 15.9 Å². The van der Waals surface area contributed by atoms with Crippen LogP contribution in [0.2, 0.25) is 0 Å². The topological polar surface area (TPSA) is 52.4 Å². The van der Waals surface area contributed by atoms with E-state index in [1.54, 1.807) is 18.2 Å². The third-order valence-corrected chi connectivity index (χ3v) is 2.91. The van der Waals surface area contributed by atoms with Crippen LogP contribution in [0.3, 0.4) is 0 Å². The van der Waals surface area contributed by atoms with E-state index in [-0.39, 0.29) is 11.5 Å². The summed E-state index contributed by atoms with van der Waals surface area (Å²) in [5.41, 5.74) is -0.644. The summed E-state index contributed by atoms with van der Waals surface area (Å²) in [5, 5.41) is 10.8. The van der Waals surface area contributed by atoms with Gasteiger partial charge in [0.1, 0.15) is 5.75 Å². The second-order valence-electron chi connectivity index (χ2n) is 3.52. The second-order valence-corrected chi connectivity index (χ2v) is 4.38. The van der Waals surface area contributed by atoms with Gasteiger partial charge >= 0.3 is 5.69 Å². The Hall–Kier alpha value is -2.02. The molecule has 4 nitrogen and oxygen atoms in total. The molecular formula is C12H6BrF2NO3. The smallest absolute Gasteiger partial charge is 0.314 e. The number of hydrogen-bond acceptors (Lipinski definition) is 3. The lowest BCUT2D eigenvalue weighted by atomic mass is 10.2. The van der Waals surface area contributed by atoms with Crippen LogP contribution in [0.1, 0.15) is 0 Å². The predicted octanol–water partition coefficient (Wildman–Crippen LogP) is 4.43. The van der Waals surface area contributed by atoms with Gasteiger partial charge in [-0.1, -0.05) is 12.1 Å². The molecule has 2 aromatic rings. The quantitative estimate of drug-likeness (QED) is 0.618. The van der Waals surface area contributed by atoms with Gasteiger partial charge in [0.25, 0.3) is 0 Å². The third-order valence-electron chi connectivity index (χ3n) is 2.26. The molecule has 0 aliphatic rings. The van der Waals surface area contributed by atoms with Crippen LogP contribution in [0.15, 0.2) is 40.9 Å². The standard InChI is InChI=1S/C12H6BrF2NO3/c13-7-3-1-2-4-11(7)19-12-6-9(15)8(14)5-10(12)16(17)18/h1-6H. The number of halogens is 3. The molecule has 98 valence electrons. The Bertz CT molecular complexity index is 649. The summed E-state index contributed by atoms with van der Waals surface area (Å²) in [6.07, 6.45) is 0. The minimum atomic E-state index is -1.30. The zero-order valence-corrected chi connectivity index (χ0v) is 10.9. The minimum absolute atomic E-state index is 0.261. The third kappa shape index (κ3) is 2.87. The lowest BCUT2D eigenvalue weighted by Gasteiger charge is -2.08. The fourth-order valence-corrected chi connectivity index (χ4v) is 1.75. The van der Waals surface area contributed by atoms with Crippen LogP contribution in [0, 0.1) is 21.7 Å². The van der Waals surface area contributed by atoms with Crippen LogP contribution in [0.25, 0.3) is 0 Å². The molecule has 0 aliphatic heterocycles. The largest absolute Gasteiger partial charge is 0.449 e. The molecule has 2 rings (SSSR count). The molecule has 0 fully saturated rings. The molecule has 0 spiro atoms. The summed E-state index contributed by atoms with van der Waals surface area (Å²) < 4.78 is 31.9. The summed E-state index contributed by atoms with van der Waals surface area (Å²) >= 11 is 3.19. The van der Waals surface area contributed by atoms with Gasteiger partial charge in [-0.25, -0.2) is 8.78 Å². The van der Waals surface area contributed by atoms with Crippen LogP contribution in [0.5, 0.6) is 11.5 Å². The maximum atomic E-state index is 13.1. The Labute approximate surface area is 114 Å². The summed E-state index contributed by atoms with van der Waals surface area (Å²) in [6, 6.07) is 7.69. The maximum Gasteiger partial charge on any atom is 0.314 e. The zero-order chi connectivity index (χ0) is 14.0. The number of rotatable bonds is 3. The van der Waals surface area contributed by atoms with Crippen molar-refractivity contribution in [2.75, 3.05) is 0 Å². The monoisotopic (exact) mass is 329 g/mol. The first-order valence-corrected chi connectivity index (χ1v) is 5.84. The molecule has 0 atom stereocenters. The Morgan fingerprint density at radius 1 is 1.11 bits per heavy atom. The normalized spacial score (nSPS) is 10.3. The molecule has 0 aromatic heterocycles. The number of nitro benzene ring substituents is 1. The molecule has 0 radical (unpaired) electrons. The van der Waals surface area contributed by atoms with Gasteiger partial charge in [-0.2, -0.15) is 0 Å². The molecular weight excluding hydrogens is 324 g/mol. The van der Waals surface area contributed by atoms with Crippen molar-refractivity contribution in [3.8, 4) is 11.5 Å². The number of nitro groups is 1. The van der Waals surface area contributed by atoms with Gasteiger partial charge in [0, 0.05) is 6.07 Å². The van der Waals surface area contributed by atoms with Crippen molar-refractivity contribution in [1.82, 2.24) is 0 Å². The van der Waals surface area contributed by atoms with Crippen molar-refractivity contribution in [2.45, 2.75) is 0 Å². The molecule has 0 saturated carbocycles. The van der Waals surface area contributed by atoms with Crippen LogP contribution < -0.4 is 4.74 Å². The van der Waals surface area contributed by atoms with Crippen LogP contribution in [-0.2, 0) is 0 Å². The number of benzene rings is 2. The first kappa shape index (κ1) is 13.4. The molecule has 0 heterocycles. The first-order chi connectivity index (χ1) is 8.99. The van der Waals surface area contributed by atoms with Gasteiger partial charge in [-0.05, 0) is 28.1 Å². The van der Waals surface area contributed by atoms with E-state index in [0.29, 0.717) is 16.6 Å². The van der Waals surface area contributed by atoms with E-state index in [9.17, 15) is 18.9 Å². The van der Waals surface area contributed by atoms with E-state index in [1.165, 1.54) is 6.07 Å². The van der Waals surface area contributed by atoms with Crippen molar-refractivity contribution >= 4 is 21.6 Å². The summed E-state index contributed by atoms with van der Waals surface area (Å²) in [5.74, 6) is -2.62. The molecule has 2 aromatic carbocycles. The van der Waals surface area contributed by atoms with Crippen molar-refractivity contribution in [3.05, 3.63) is 62.6 Å². The second kappa shape index (κ2) is 5.31. The van der Waals surface area contributed by atoms with Gasteiger partial charge in [0.2, 0.25) is 5.75 Å². The van der Waals surface area contributed by atoms with Crippen molar-refractivity contribution in [3.63, 3.8) is 0 Å². The SMILES string of the molecule is O=[N+]([O-])c1cc(F)c(F)cc1Oc1ccccc1Br. The molecule has 0 saturated heterocycles. The maximum absolute atomic E-state index is 13.1. The lowest BCUT2D eigenvalue weighted by Crippen LogP contribution is -1.97. The Morgan fingerprint density at radius 3 is 2.37 bits per heavy atom. The number of para-hydroxylation sites is 1. The van der Waals surface area contributed by atoms with E-state index < -0.39 is 22.2 Å². The van der Waals surface area contributed by atoms with E-state index >= 15 is 0 Å². The first-order valence-electron chi connectivity index (χ1n) is 5.05. The Morgan fingerprint density at radius 2 is 1.74 bits per heavy atom. The minimum Gasteiger partial charge on any atom is -0.449 e. The average Bonchev–Trinajstić information content (AvgIpc) is 2.36. The molecule has 0 N–H and O–H groups in total. The van der Waals surface area contributed by atoms with E-state index in [0.717, 1.165) is 0 Å². The molecule has 19 heavy (non-hydrogen) atoms. The van der Waals surface area contributed by atoms with E-state index in [1.807, 2.05) is 0 Å². The van der Waals surface area contributed by atoms with Gasteiger partial charge in [-0.3, -0.25) is 10.1 Å². The van der Waals surface area contributed by atoms with Crippen molar-refractivity contribution in [1.29, 1.82) is 0 Å². The molecule has 0 bridgehead atoms. The number of nitrogens with zero attached hydrogens (tertiary/aromatic N) is 1. The average molecular weight is 330 g/mol. The van der Waals surface area contributed by atoms with Crippen molar-refractivity contribution in [2.24, 2.45) is 0 Å². The zero-order valence-electron chi connectivity index (χ0n) is 9.27. The summed E-state index contributed by atoms with van der Waals surface area (Å²) in [4.78, 5) is 9.95. The van der Waals surface area contributed by atoms with Gasteiger partial charge in [0.05, 0.1) is 15.5 Å². The van der Waals surface area contributed by atoms with Crippen LogP contribution >= 0.6 is 15.9 Å². The predicted molar refractivity (Wildman–Crippen MR) is 67.2 cm³/mol. The van der Waals surface area contributed by atoms with Gasteiger partial charge in [0.15, 0.2) is 11.6 Å². The highest BCUT2D eigenvalue weighted by molar-refractivity contribution is 9.10. The highest BCUT2D eigenvalue weighted by Gasteiger charge is 2.21. The fourth-order valence-electron chi connectivity index (χ4n) is 1.39. The molecule has 0 unspecified atom stereocenters. The lowest BCUT2D eigenvalue weighted by molar-refractivity contribution is -0.385. The molecule has 0 amide bonds. The summed E-state index contributed by atoms with van der Waals surface area (Å²) in [7, 11) is 0. The number of hydrogen-bond donors (Lipinski definition) is 0. The molecule has 7 heteroatoms. The van der Waals surface area contributed by atoms with Crippen LogP contribution in [0.4, 0.5) is 14.5 Å². The van der Waals surface area contributed by atoms with Crippen molar-refractivity contribution < 1.29 is 18.4 Å². The Balaban J connectivity index is 2.48. The number of ether oxygens (including phenoxy) is 1. The highest BCUT2D eigenvalue weighted by Crippen LogP contribution is 2.36. The van der Waals surface area contributed by atoms with Gasteiger partial charge in [-0.15, -0.1) is 0 Å². The Kier molecular flexibility index (Phi) is 3.75. The fraction of sp³-hybridized carbons (Fsp3) is 0. The molecule has 0 aliphatic carbocycles. The van der Waals surface area contributed by atoms with Crippen LogP contribution in [-0.4, -0.2) is 4.92 Å².